The molecule has 7 atom stereocenters. The minimum atomic E-state index is -2.09. The highest BCUT2D eigenvalue weighted by Crippen LogP contribution is 2.66. The van der Waals surface area contributed by atoms with Gasteiger partial charge in [-0.25, -0.2) is 9.69 Å². The van der Waals surface area contributed by atoms with Crippen molar-refractivity contribution in [1.29, 1.82) is 0 Å². The van der Waals surface area contributed by atoms with Gasteiger partial charge < -0.3 is 40.0 Å². The fourth-order valence-electron chi connectivity index (χ4n) is 12.4. The fraction of sp³-hybridized carbons (Fsp3) is 0.333. The average molecular weight is 1030 g/mol. The molecule has 5 aliphatic rings. The molecule has 4 heterocycles. The first-order chi connectivity index (χ1) is 37.6. The van der Waals surface area contributed by atoms with Crippen molar-refractivity contribution in [1.82, 2.24) is 10.2 Å². The molecule has 4 N–H and O–H groups in total. The monoisotopic (exact) mass is 1030 g/mol. The van der Waals surface area contributed by atoms with Gasteiger partial charge in [-0.05, 0) is 115 Å². The molecule has 3 saturated heterocycles. The number of aliphatic hydroxyl groups is 2. The van der Waals surface area contributed by atoms with Crippen molar-refractivity contribution in [3.63, 3.8) is 0 Å². The second-order valence-electron chi connectivity index (χ2n) is 20.7. The van der Waals surface area contributed by atoms with Crippen molar-refractivity contribution in [2.45, 2.75) is 86.7 Å². The Morgan fingerprint density at radius 3 is 2.12 bits per heavy atom. The molecule has 394 valence electrons. The highest BCUT2D eigenvalue weighted by Gasteiger charge is 2.75. The molecule has 77 heavy (non-hydrogen) atoms. The van der Waals surface area contributed by atoms with Gasteiger partial charge in [0.1, 0.15) is 35.5 Å². The van der Waals surface area contributed by atoms with Crippen LogP contribution in [0.3, 0.4) is 0 Å². The number of nitrogens with zero attached hydrogens (tertiary/aromatic N) is 3. The van der Waals surface area contributed by atoms with Gasteiger partial charge in [-0.2, -0.15) is 0 Å². The van der Waals surface area contributed by atoms with Crippen LogP contribution in [0.15, 0.2) is 158 Å². The topological polar surface area (TPSA) is 170 Å². The molecule has 14 heteroatoms. The number of amides is 4. The third-order valence-corrected chi connectivity index (χ3v) is 16.0. The van der Waals surface area contributed by atoms with Crippen molar-refractivity contribution < 1.29 is 43.6 Å². The van der Waals surface area contributed by atoms with Gasteiger partial charge in [0.2, 0.25) is 11.8 Å². The summed E-state index contributed by atoms with van der Waals surface area (Å²) in [7, 11) is 0. The number of hydrogen-bond acceptors (Lipinski definition) is 11. The molecular weight excluding hydrogens is 971 g/mol. The van der Waals surface area contributed by atoms with Gasteiger partial charge in [-0.15, -0.1) is 0 Å². The van der Waals surface area contributed by atoms with Gasteiger partial charge in [-0.3, -0.25) is 19.3 Å². The fourth-order valence-corrected chi connectivity index (χ4v) is 12.4. The Labute approximate surface area is 448 Å². The molecule has 0 aromatic heterocycles. The number of carbonyl (C=O) groups excluding carboxylic acids is 4. The van der Waals surface area contributed by atoms with Crippen LogP contribution < -0.4 is 25.2 Å². The number of nitrogens with one attached hydrogen (secondary N) is 2. The number of fused-ring (bicyclic) bond motifs is 3. The zero-order chi connectivity index (χ0) is 53.1. The van der Waals surface area contributed by atoms with E-state index in [1.165, 1.54) is 0 Å². The second-order valence-corrected chi connectivity index (χ2v) is 20.7. The molecule has 4 fully saturated rings. The third kappa shape index (κ3) is 9.85. The number of cyclic esters (lactones) is 1. The smallest absolute Gasteiger partial charge is 0.329 e. The zero-order valence-corrected chi connectivity index (χ0v) is 43.1. The Hall–Kier alpha value is -7.80. The van der Waals surface area contributed by atoms with E-state index in [9.17, 15) is 10.2 Å². The number of rotatable bonds is 11. The molecule has 11 rings (SSSR count). The molecule has 4 aliphatic heterocycles. The number of benzene rings is 6. The molecule has 4 amide bonds. The Morgan fingerprint density at radius 2 is 1.43 bits per heavy atom. The van der Waals surface area contributed by atoms with E-state index in [1.807, 2.05) is 121 Å². The van der Waals surface area contributed by atoms with Gasteiger partial charge in [-0.1, -0.05) is 128 Å². The predicted molar refractivity (Wildman–Crippen MR) is 292 cm³/mol. The number of morpholine rings is 2. The van der Waals surface area contributed by atoms with Crippen LogP contribution in [-0.2, 0) is 29.3 Å². The number of ether oxygens (including phenoxy) is 3. The van der Waals surface area contributed by atoms with Crippen LogP contribution in [0.1, 0.15) is 103 Å². The van der Waals surface area contributed by atoms with Gasteiger partial charge in [0.25, 0.3) is 0 Å². The summed E-state index contributed by atoms with van der Waals surface area (Å²) in [5.41, 5.74) is 1.73. The number of aliphatic hydroxyl groups excluding tert-OH is 1. The lowest BCUT2D eigenvalue weighted by Gasteiger charge is -2.46. The number of hydrogen-bond donors (Lipinski definition) is 4. The Morgan fingerprint density at radius 1 is 0.766 bits per heavy atom. The van der Waals surface area contributed by atoms with E-state index in [1.54, 1.807) is 48.5 Å². The highest BCUT2D eigenvalue weighted by molar-refractivity contribution is 6.25. The largest absolute Gasteiger partial charge is 0.491 e. The lowest BCUT2D eigenvalue weighted by Crippen LogP contribution is -2.55. The first-order valence-corrected chi connectivity index (χ1v) is 26.8. The van der Waals surface area contributed by atoms with E-state index < -0.39 is 71.0 Å². The quantitative estimate of drug-likeness (QED) is 0.0555. The maximum atomic E-state index is 17.0. The van der Waals surface area contributed by atoms with Crippen molar-refractivity contribution in [2.24, 2.45) is 5.92 Å². The lowest BCUT2D eigenvalue weighted by molar-refractivity contribution is -0.177. The van der Waals surface area contributed by atoms with Crippen molar-refractivity contribution in [3.8, 4) is 17.6 Å². The molecule has 6 aromatic rings. The van der Waals surface area contributed by atoms with E-state index >= 15 is 19.2 Å². The van der Waals surface area contributed by atoms with E-state index in [2.05, 4.69) is 27.4 Å². The minimum absolute atomic E-state index is 0.0281. The Bertz CT molecular complexity index is 3170. The second kappa shape index (κ2) is 22.0. The molecular formula is C63H63N5O9. The van der Waals surface area contributed by atoms with Crippen LogP contribution in [0.25, 0.3) is 0 Å². The average Bonchev–Trinajstić information content (AvgIpc) is 4.07. The first-order valence-electron chi connectivity index (χ1n) is 26.8. The lowest BCUT2D eigenvalue weighted by atomic mass is 9.65. The number of urea groups is 1. The van der Waals surface area contributed by atoms with Gasteiger partial charge in [0, 0.05) is 30.0 Å². The zero-order valence-electron chi connectivity index (χ0n) is 43.1. The Kier molecular flexibility index (Phi) is 14.7. The van der Waals surface area contributed by atoms with E-state index in [0.717, 1.165) is 47.4 Å². The molecule has 6 aromatic carbocycles. The van der Waals surface area contributed by atoms with Crippen LogP contribution in [0.4, 0.5) is 21.9 Å². The standard InChI is InChI=1S/C63H63N5O9/c1-42(44-16-7-4-8-17-44)64-61(73)67-52-29-24-43(30-33-62(74)31-13-2-3-14-32-62)40-51(52)63(60(67)72)53(58(70)65-48-25-27-49(28-26-48)66-34-37-75-38-35-66)55-59(71)77-56(46-20-11-6-12-21-46)54(45-18-9-5-10-19-45)68(55)57(63)47-22-15-23-50(41-47)76-39-36-69/h4-12,15-29,40-42,53-57,69,74H,2-3,13-14,31-32,34-39H2,1H3,(H,64,73)(H,65,70)/t42-,53-,54-,55-,56+,57+,63-/m1/s1. The summed E-state index contributed by atoms with van der Waals surface area (Å²) in [6.07, 6.45) is 3.73. The summed E-state index contributed by atoms with van der Waals surface area (Å²) in [4.78, 5) is 69.6. The van der Waals surface area contributed by atoms with Crippen LogP contribution in [-0.4, -0.2) is 90.1 Å². The summed E-state index contributed by atoms with van der Waals surface area (Å²) in [5.74, 6) is 3.16. The number of anilines is 3. The summed E-state index contributed by atoms with van der Waals surface area (Å²) < 4.78 is 18.4. The van der Waals surface area contributed by atoms with E-state index in [-0.39, 0.29) is 18.9 Å². The summed E-state index contributed by atoms with van der Waals surface area (Å²) in [6.45, 7) is 4.13. The molecule has 1 saturated carbocycles. The van der Waals surface area contributed by atoms with Crippen LogP contribution in [0, 0.1) is 17.8 Å². The number of carbonyl (C=O) groups is 4. The summed E-state index contributed by atoms with van der Waals surface area (Å²) in [6, 6.07) is 43.5. The molecule has 14 nitrogen and oxygen atoms in total. The Balaban J connectivity index is 1.17. The third-order valence-electron chi connectivity index (χ3n) is 16.0. The molecule has 1 spiro atoms. The van der Waals surface area contributed by atoms with Crippen molar-refractivity contribution in [3.05, 3.63) is 191 Å². The van der Waals surface area contributed by atoms with E-state index in [4.69, 9.17) is 14.2 Å². The van der Waals surface area contributed by atoms with E-state index in [0.29, 0.717) is 72.8 Å². The maximum Gasteiger partial charge on any atom is 0.329 e. The number of imide groups is 1. The molecule has 0 unspecified atom stereocenters. The minimum Gasteiger partial charge on any atom is -0.491 e. The van der Waals surface area contributed by atoms with Crippen LogP contribution in [0.5, 0.6) is 5.75 Å². The predicted octanol–water partition coefficient (Wildman–Crippen LogP) is 9.11. The van der Waals surface area contributed by atoms with Crippen molar-refractivity contribution in [2.75, 3.05) is 54.6 Å². The summed E-state index contributed by atoms with van der Waals surface area (Å²) >= 11 is 0. The molecule has 0 bridgehead atoms. The SMILES string of the molecule is C[C@@H](NC(=O)N1C(=O)[C@@]2(c3cc(C#CC4(O)CCCCCC4)ccc31)[C@H](c1cccc(OCCO)c1)N1[C@H](c3ccccc3)[C@H](c3ccccc3)OC(=O)[C@H]1[C@@H]2C(=O)Nc1ccc(N2CCOCC2)cc1)c1ccccc1. The number of esters is 1. The maximum absolute atomic E-state index is 17.0. The normalized spacial score (nSPS) is 24.1. The molecule has 1 aliphatic carbocycles. The summed E-state index contributed by atoms with van der Waals surface area (Å²) in [5, 5.41) is 28.1. The first kappa shape index (κ1) is 51.3. The highest BCUT2D eigenvalue weighted by atomic mass is 16.6. The van der Waals surface area contributed by atoms with Crippen molar-refractivity contribution >= 4 is 40.9 Å². The van der Waals surface area contributed by atoms with Crippen LogP contribution >= 0.6 is 0 Å². The van der Waals surface area contributed by atoms with Crippen LogP contribution in [0.2, 0.25) is 0 Å². The van der Waals surface area contributed by atoms with Gasteiger partial charge in [0.05, 0.1) is 49.6 Å². The van der Waals surface area contributed by atoms with Gasteiger partial charge in [0.15, 0.2) is 0 Å². The molecule has 0 radical (unpaired) electrons. The van der Waals surface area contributed by atoms with Gasteiger partial charge >= 0.3 is 12.0 Å².